The van der Waals surface area contributed by atoms with Gasteiger partial charge in [0, 0.05) is 12.8 Å². The molecule has 0 aromatic heterocycles. The third-order valence-corrected chi connectivity index (χ3v) is 15.9. The van der Waals surface area contributed by atoms with E-state index in [0.29, 0.717) is 19.4 Å². The van der Waals surface area contributed by atoms with Crippen LogP contribution in [-0.4, -0.2) is 100 Å². The second kappa shape index (κ2) is 55.3. The van der Waals surface area contributed by atoms with Gasteiger partial charge in [-0.3, -0.25) is 9.59 Å². The molecule has 0 spiro atoms. The number of carbonyl (C=O) groups is 2. The van der Waals surface area contributed by atoms with E-state index in [4.69, 9.17) is 14.2 Å². The lowest BCUT2D eigenvalue weighted by molar-refractivity contribution is -0.302. The van der Waals surface area contributed by atoms with Crippen molar-refractivity contribution in [2.75, 3.05) is 19.8 Å². The maximum absolute atomic E-state index is 13.0. The first-order valence-corrected chi connectivity index (χ1v) is 33.0. The van der Waals surface area contributed by atoms with E-state index in [9.17, 15) is 35.1 Å². The third-order valence-electron chi connectivity index (χ3n) is 15.9. The zero-order valence-corrected chi connectivity index (χ0v) is 49.7. The summed E-state index contributed by atoms with van der Waals surface area (Å²) in [4.78, 5) is 25.1. The van der Waals surface area contributed by atoms with Gasteiger partial charge in [-0.25, -0.2) is 0 Å². The van der Waals surface area contributed by atoms with E-state index in [0.717, 1.165) is 57.8 Å². The molecule has 0 bridgehead atoms. The number of unbranched alkanes of at least 4 members (excludes halogenated alkanes) is 44. The summed E-state index contributed by atoms with van der Waals surface area (Å²) < 4.78 is 16.7. The molecule has 0 aromatic rings. The van der Waals surface area contributed by atoms with Crippen LogP contribution in [0, 0.1) is 0 Å². The third kappa shape index (κ3) is 44.2. The van der Waals surface area contributed by atoms with Crippen molar-refractivity contribution in [2.45, 2.75) is 371 Å². The summed E-state index contributed by atoms with van der Waals surface area (Å²) in [6.45, 7) is 4.34. The molecule has 1 saturated heterocycles. The largest absolute Gasteiger partial charge is 0.466 e. The lowest BCUT2D eigenvalue weighted by Gasteiger charge is -2.40. The van der Waals surface area contributed by atoms with Crippen molar-refractivity contribution in [1.29, 1.82) is 0 Å². The molecule has 0 aromatic carbocycles. The first-order valence-electron chi connectivity index (χ1n) is 33.0. The SMILES string of the molecule is CCCCCCCCC/C=C/C(O)C(COC1OC(CO)C(O)C(O)C1O)NC(=O)CCCCCCCCCCCCCCCCCCCCCCCCOC(=O)CCCCCCCCCCCCCCCCCCC. The van der Waals surface area contributed by atoms with E-state index < -0.39 is 49.5 Å². The summed E-state index contributed by atoms with van der Waals surface area (Å²) >= 11 is 0. The molecule has 1 heterocycles. The fourth-order valence-electron chi connectivity index (χ4n) is 10.7. The lowest BCUT2D eigenvalue weighted by atomic mass is 9.99. The average Bonchev–Trinajstić information content (AvgIpc) is 3.42. The van der Waals surface area contributed by atoms with Crippen molar-refractivity contribution >= 4 is 11.9 Å². The Bertz CT molecular complexity index is 1270. The molecule has 0 aliphatic carbocycles. The molecule has 1 fully saturated rings. The van der Waals surface area contributed by atoms with E-state index in [1.54, 1.807) is 6.08 Å². The number of aliphatic hydroxyl groups excluding tert-OH is 5. The average molecular weight is 1080 g/mol. The number of amides is 1. The van der Waals surface area contributed by atoms with Crippen LogP contribution >= 0.6 is 0 Å². The van der Waals surface area contributed by atoms with Crippen LogP contribution in [0.1, 0.15) is 328 Å². The zero-order valence-electron chi connectivity index (χ0n) is 49.7. The van der Waals surface area contributed by atoms with Crippen LogP contribution in [-0.2, 0) is 23.8 Å². The first-order chi connectivity index (χ1) is 37.2. The van der Waals surface area contributed by atoms with Gasteiger partial charge in [-0.1, -0.05) is 296 Å². The molecule has 76 heavy (non-hydrogen) atoms. The maximum Gasteiger partial charge on any atom is 0.305 e. The van der Waals surface area contributed by atoms with Crippen LogP contribution < -0.4 is 5.32 Å². The normalized spacial score (nSPS) is 18.6. The Morgan fingerprint density at radius 3 is 1.22 bits per heavy atom. The molecule has 11 nitrogen and oxygen atoms in total. The van der Waals surface area contributed by atoms with Crippen LogP contribution in [0.5, 0.6) is 0 Å². The highest BCUT2D eigenvalue weighted by atomic mass is 16.7. The summed E-state index contributed by atoms with van der Waals surface area (Å²) in [5, 5.41) is 54.2. The summed E-state index contributed by atoms with van der Waals surface area (Å²) in [5.41, 5.74) is 0. The van der Waals surface area contributed by atoms with Crippen molar-refractivity contribution < 1.29 is 49.3 Å². The van der Waals surface area contributed by atoms with E-state index in [1.165, 1.54) is 244 Å². The number of esters is 1. The van der Waals surface area contributed by atoms with E-state index >= 15 is 0 Å². The Labute approximate surface area is 468 Å². The van der Waals surface area contributed by atoms with Crippen molar-refractivity contribution in [2.24, 2.45) is 0 Å². The van der Waals surface area contributed by atoms with Gasteiger partial charge in [0.25, 0.3) is 0 Å². The van der Waals surface area contributed by atoms with Gasteiger partial charge in [-0.05, 0) is 32.1 Å². The van der Waals surface area contributed by atoms with Crippen molar-refractivity contribution in [3.05, 3.63) is 12.2 Å². The highest BCUT2D eigenvalue weighted by Gasteiger charge is 2.44. The minimum Gasteiger partial charge on any atom is -0.466 e. The summed E-state index contributed by atoms with van der Waals surface area (Å²) in [7, 11) is 0. The summed E-state index contributed by atoms with van der Waals surface area (Å²) in [5.74, 6) is -0.177. The minimum atomic E-state index is -1.57. The molecule has 1 amide bonds. The fourth-order valence-corrected chi connectivity index (χ4v) is 10.7. The van der Waals surface area contributed by atoms with Gasteiger partial charge in [-0.15, -0.1) is 0 Å². The number of carbonyl (C=O) groups excluding carboxylic acids is 2. The van der Waals surface area contributed by atoms with Gasteiger partial charge in [0.1, 0.15) is 24.4 Å². The molecule has 0 radical (unpaired) electrons. The Balaban J connectivity index is 1.94. The molecule has 1 rings (SSSR count). The fraction of sp³-hybridized carbons (Fsp3) is 0.938. The van der Waals surface area contributed by atoms with Crippen LogP contribution in [0.25, 0.3) is 0 Å². The maximum atomic E-state index is 13.0. The Hall–Kier alpha value is -1.60. The topological polar surface area (TPSA) is 175 Å². The number of rotatable bonds is 58. The highest BCUT2D eigenvalue weighted by molar-refractivity contribution is 5.76. The second-order valence-corrected chi connectivity index (χ2v) is 23.2. The first kappa shape index (κ1) is 72.4. The molecular weight excluding hydrogens is 955 g/mol. The predicted molar refractivity (Wildman–Crippen MR) is 315 cm³/mol. The number of allylic oxidation sites excluding steroid dienone is 1. The number of ether oxygens (including phenoxy) is 3. The molecule has 450 valence electrons. The molecule has 11 heteroatoms. The summed E-state index contributed by atoms with van der Waals surface area (Å²) in [6, 6.07) is -0.808. The van der Waals surface area contributed by atoms with Gasteiger partial charge >= 0.3 is 5.97 Å². The summed E-state index contributed by atoms with van der Waals surface area (Å²) in [6.07, 6.45) is 56.2. The van der Waals surface area contributed by atoms with Gasteiger partial charge in [0.05, 0.1) is 32.0 Å². The van der Waals surface area contributed by atoms with E-state index in [1.807, 2.05) is 6.08 Å². The molecule has 6 N–H and O–H groups in total. The standard InChI is InChI=1S/C65H125NO10/c1-3-5-7-9-11-13-14-15-16-23-27-30-33-37-41-45-49-53-61(70)74-54-50-46-42-38-34-31-28-25-22-20-18-17-19-21-24-26-29-32-36-40-44-48-52-60(69)66-57(58(68)51-47-43-39-35-12-10-8-6-4-2)56-75-65-64(73)63(72)62(71)59(55-67)76-65/h47,51,57-59,62-65,67-68,71-73H,3-46,48-50,52-56H2,1-2H3,(H,66,69)/b51-47+. The number of hydrogen-bond acceptors (Lipinski definition) is 10. The Kier molecular flexibility index (Phi) is 52.7. The van der Waals surface area contributed by atoms with Gasteiger partial charge < -0.3 is 45.1 Å². The van der Waals surface area contributed by atoms with E-state index in [-0.39, 0.29) is 18.5 Å². The molecular formula is C65H125NO10. The predicted octanol–water partition coefficient (Wildman–Crippen LogP) is 15.9. The van der Waals surface area contributed by atoms with Crippen LogP contribution in [0.3, 0.4) is 0 Å². The second-order valence-electron chi connectivity index (χ2n) is 23.2. The van der Waals surface area contributed by atoms with Gasteiger partial charge in [0.2, 0.25) is 5.91 Å². The van der Waals surface area contributed by atoms with Crippen LogP contribution in [0.4, 0.5) is 0 Å². The van der Waals surface area contributed by atoms with Crippen LogP contribution in [0.15, 0.2) is 12.2 Å². The number of nitrogens with one attached hydrogen (secondary N) is 1. The zero-order chi connectivity index (χ0) is 55.2. The quantitative estimate of drug-likeness (QED) is 0.0195. The Morgan fingerprint density at radius 1 is 0.474 bits per heavy atom. The van der Waals surface area contributed by atoms with Gasteiger partial charge in [-0.2, -0.15) is 0 Å². The van der Waals surface area contributed by atoms with Gasteiger partial charge in [0.15, 0.2) is 6.29 Å². The lowest BCUT2D eigenvalue weighted by Crippen LogP contribution is -2.60. The smallest absolute Gasteiger partial charge is 0.305 e. The minimum absolute atomic E-state index is 0.00542. The van der Waals surface area contributed by atoms with Crippen molar-refractivity contribution in [1.82, 2.24) is 5.32 Å². The molecule has 7 unspecified atom stereocenters. The number of aliphatic hydroxyl groups is 5. The highest BCUT2D eigenvalue weighted by Crippen LogP contribution is 2.23. The van der Waals surface area contributed by atoms with Crippen LogP contribution in [0.2, 0.25) is 0 Å². The monoisotopic (exact) mass is 1080 g/mol. The van der Waals surface area contributed by atoms with Crippen molar-refractivity contribution in [3.63, 3.8) is 0 Å². The molecule has 0 saturated carbocycles. The van der Waals surface area contributed by atoms with E-state index in [2.05, 4.69) is 19.2 Å². The Morgan fingerprint density at radius 2 is 0.829 bits per heavy atom. The molecule has 7 atom stereocenters. The molecule has 1 aliphatic heterocycles. The number of hydrogen-bond donors (Lipinski definition) is 6. The molecule has 1 aliphatic rings. The van der Waals surface area contributed by atoms with Crippen molar-refractivity contribution in [3.8, 4) is 0 Å².